The van der Waals surface area contributed by atoms with Gasteiger partial charge in [0.1, 0.15) is 16.4 Å². The molecule has 0 aliphatic rings. The lowest BCUT2D eigenvalue weighted by molar-refractivity contribution is 0.0703. The molecule has 0 spiro atoms. The first-order valence-corrected chi connectivity index (χ1v) is 6.63. The number of hydrogen-bond acceptors (Lipinski definition) is 4. The van der Waals surface area contributed by atoms with Crippen LogP contribution in [0, 0.1) is 0 Å². The SMILES string of the molecule is CCc1ccc(-c2sc(C(=O)O)c(N)c2CC)o1. The maximum Gasteiger partial charge on any atom is 0.348 e. The number of nitrogen functional groups attached to an aromatic ring is 1. The lowest BCUT2D eigenvalue weighted by atomic mass is 10.1. The lowest BCUT2D eigenvalue weighted by Gasteiger charge is -1.99. The molecule has 0 unspecified atom stereocenters. The summed E-state index contributed by atoms with van der Waals surface area (Å²) in [6.07, 6.45) is 1.50. The average molecular weight is 265 g/mol. The van der Waals surface area contributed by atoms with Gasteiger partial charge in [-0.15, -0.1) is 11.3 Å². The van der Waals surface area contributed by atoms with Crippen LogP contribution in [0.2, 0.25) is 0 Å². The zero-order valence-electron chi connectivity index (χ0n) is 10.3. The molecule has 4 nitrogen and oxygen atoms in total. The Morgan fingerprint density at radius 1 is 1.39 bits per heavy atom. The van der Waals surface area contributed by atoms with Gasteiger partial charge in [0.25, 0.3) is 0 Å². The lowest BCUT2D eigenvalue weighted by Crippen LogP contribution is -1.99. The van der Waals surface area contributed by atoms with Crippen molar-refractivity contribution < 1.29 is 14.3 Å². The van der Waals surface area contributed by atoms with Gasteiger partial charge in [-0.3, -0.25) is 0 Å². The minimum Gasteiger partial charge on any atom is -0.477 e. The van der Waals surface area contributed by atoms with Crippen LogP contribution in [0.4, 0.5) is 5.69 Å². The zero-order valence-corrected chi connectivity index (χ0v) is 11.1. The first-order valence-electron chi connectivity index (χ1n) is 5.81. The minimum absolute atomic E-state index is 0.191. The van der Waals surface area contributed by atoms with E-state index in [1.165, 1.54) is 11.3 Å². The van der Waals surface area contributed by atoms with Gasteiger partial charge >= 0.3 is 5.97 Å². The fourth-order valence-corrected chi connectivity index (χ4v) is 2.99. The molecule has 0 aliphatic carbocycles. The summed E-state index contributed by atoms with van der Waals surface area (Å²) in [5.41, 5.74) is 7.10. The number of anilines is 1. The fraction of sp³-hybridized carbons (Fsp3) is 0.308. The van der Waals surface area contributed by atoms with Crippen molar-refractivity contribution in [2.75, 3.05) is 5.73 Å². The summed E-state index contributed by atoms with van der Waals surface area (Å²) in [5.74, 6) is 0.601. The molecule has 0 aromatic carbocycles. The van der Waals surface area contributed by atoms with Crippen molar-refractivity contribution in [3.05, 3.63) is 28.3 Å². The first-order chi connectivity index (χ1) is 8.58. The largest absolute Gasteiger partial charge is 0.477 e. The monoisotopic (exact) mass is 265 g/mol. The van der Waals surface area contributed by atoms with Crippen molar-refractivity contribution in [2.45, 2.75) is 26.7 Å². The molecule has 2 heterocycles. The van der Waals surface area contributed by atoms with Gasteiger partial charge in [0.2, 0.25) is 0 Å². The van der Waals surface area contributed by atoms with Crippen molar-refractivity contribution in [2.24, 2.45) is 0 Å². The highest BCUT2D eigenvalue weighted by molar-refractivity contribution is 7.18. The highest BCUT2D eigenvalue weighted by Gasteiger charge is 2.21. The second-order valence-corrected chi connectivity index (χ2v) is 4.95. The number of rotatable bonds is 4. The van der Waals surface area contributed by atoms with Crippen LogP contribution in [-0.2, 0) is 12.8 Å². The van der Waals surface area contributed by atoms with E-state index >= 15 is 0 Å². The number of carbonyl (C=O) groups is 1. The summed E-state index contributed by atoms with van der Waals surface area (Å²) >= 11 is 1.18. The Hall–Kier alpha value is -1.75. The number of carboxylic acid groups (broad SMARTS) is 1. The van der Waals surface area contributed by atoms with Gasteiger partial charge < -0.3 is 15.3 Å². The molecule has 0 amide bonds. The van der Waals surface area contributed by atoms with Crippen molar-refractivity contribution in [3.63, 3.8) is 0 Å². The van der Waals surface area contributed by atoms with Crippen molar-refractivity contribution in [3.8, 4) is 10.6 Å². The Morgan fingerprint density at radius 2 is 2.11 bits per heavy atom. The van der Waals surface area contributed by atoms with Gasteiger partial charge in [-0.2, -0.15) is 0 Å². The molecule has 2 rings (SSSR count). The van der Waals surface area contributed by atoms with Crippen molar-refractivity contribution in [1.82, 2.24) is 0 Å². The average Bonchev–Trinajstić information content (AvgIpc) is 2.92. The summed E-state index contributed by atoms with van der Waals surface area (Å²) in [5, 5.41) is 9.10. The topological polar surface area (TPSA) is 76.5 Å². The number of aryl methyl sites for hydroxylation is 1. The molecule has 2 aromatic heterocycles. The number of carboxylic acids is 1. The Labute approximate surface area is 109 Å². The van der Waals surface area contributed by atoms with Gasteiger partial charge in [-0.25, -0.2) is 4.79 Å². The summed E-state index contributed by atoms with van der Waals surface area (Å²) in [7, 11) is 0. The quantitative estimate of drug-likeness (QED) is 0.888. The Morgan fingerprint density at radius 3 is 2.61 bits per heavy atom. The maximum atomic E-state index is 11.1. The molecule has 0 radical (unpaired) electrons. The summed E-state index contributed by atoms with van der Waals surface area (Å²) in [4.78, 5) is 12.1. The molecule has 0 saturated carbocycles. The molecule has 0 saturated heterocycles. The third-order valence-electron chi connectivity index (χ3n) is 2.83. The van der Waals surface area contributed by atoms with Gasteiger partial charge in [0.15, 0.2) is 0 Å². The van der Waals surface area contributed by atoms with E-state index in [9.17, 15) is 4.79 Å². The Bertz CT molecular complexity index is 583. The smallest absolute Gasteiger partial charge is 0.348 e. The predicted molar refractivity (Wildman–Crippen MR) is 72.1 cm³/mol. The molecule has 3 N–H and O–H groups in total. The highest BCUT2D eigenvalue weighted by Crippen LogP contribution is 2.39. The van der Waals surface area contributed by atoms with Gasteiger partial charge in [0.05, 0.1) is 10.6 Å². The number of hydrogen-bond donors (Lipinski definition) is 2. The van der Waals surface area contributed by atoms with E-state index in [0.29, 0.717) is 17.9 Å². The van der Waals surface area contributed by atoms with E-state index in [1.54, 1.807) is 0 Å². The second-order valence-electron chi connectivity index (χ2n) is 3.93. The third-order valence-corrected chi connectivity index (χ3v) is 4.08. The summed E-state index contributed by atoms with van der Waals surface area (Å²) in [6, 6.07) is 3.78. The number of aromatic carboxylic acids is 1. The summed E-state index contributed by atoms with van der Waals surface area (Å²) in [6.45, 7) is 3.96. The molecule has 0 bridgehead atoms. The fourth-order valence-electron chi connectivity index (χ4n) is 1.88. The van der Waals surface area contributed by atoms with E-state index in [2.05, 4.69) is 0 Å². The highest BCUT2D eigenvalue weighted by atomic mass is 32.1. The number of thiophene rings is 1. The molecule has 96 valence electrons. The molecule has 18 heavy (non-hydrogen) atoms. The van der Waals surface area contributed by atoms with Crippen LogP contribution < -0.4 is 5.73 Å². The summed E-state index contributed by atoms with van der Waals surface area (Å²) < 4.78 is 5.67. The minimum atomic E-state index is -0.985. The second kappa shape index (κ2) is 4.86. The molecule has 0 aliphatic heterocycles. The first kappa shape index (κ1) is 12.7. The number of nitrogens with two attached hydrogens (primary N) is 1. The molecular formula is C13H15NO3S. The maximum absolute atomic E-state index is 11.1. The predicted octanol–water partition coefficient (Wildman–Crippen LogP) is 3.41. The van der Waals surface area contributed by atoms with Gasteiger partial charge in [-0.05, 0) is 24.1 Å². The van der Waals surface area contributed by atoms with Crippen LogP contribution >= 0.6 is 11.3 Å². The molecular weight excluding hydrogens is 250 g/mol. The normalized spacial score (nSPS) is 10.8. The van der Waals surface area contributed by atoms with E-state index in [4.69, 9.17) is 15.3 Å². The third kappa shape index (κ3) is 2.01. The van der Waals surface area contributed by atoms with Crippen LogP contribution in [0.3, 0.4) is 0 Å². The zero-order chi connectivity index (χ0) is 13.3. The van der Waals surface area contributed by atoms with Crippen LogP contribution in [0.1, 0.15) is 34.8 Å². The van der Waals surface area contributed by atoms with E-state index in [1.807, 2.05) is 26.0 Å². The van der Waals surface area contributed by atoms with E-state index in [-0.39, 0.29) is 4.88 Å². The van der Waals surface area contributed by atoms with Gasteiger partial charge in [-0.1, -0.05) is 13.8 Å². The van der Waals surface area contributed by atoms with Crippen LogP contribution in [0.25, 0.3) is 10.6 Å². The van der Waals surface area contributed by atoms with Crippen molar-refractivity contribution >= 4 is 23.0 Å². The van der Waals surface area contributed by atoms with Gasteiger partial charge in [0, 0.05) is 6.42 Å². The molecule has 0 atom stereocenters. The van der Waals surface area contributed by atoms with Crippen LogP contribution in [0.15, 0.2) is 16.5 Å². The number of furan rings is 1. The molecule has 0 fully saturated rings. The molecule has 2 aromatic rings. The van der Waals surface area contributed by atoms with Crippen molar-refractivity contribution in [1.29, 1.82) is 0 Å². The Balaban J connectivity index is 2.56. The standard InChI is InChI=1S/C13H15NO3S/c1-3-7-5-6-9(17-7)11-8(4-2)10(14)12(18-11)13(15)16/h5-6H,3-4,14H2,1-2H3,(H,15,16). The van der Waals surface area contributed by atoms with E-state index in [0.717, 1.165) is 22.6 Å². The Kier molecular flexibility index (Phi) is 3.43. The molecule has 5 heteroatoms. The van der Waals surface area contributed by atoms with Crippen LogP contribution in [0.5, 0.6) is 0 Å². The van der Waals surface area contributed by atoms with E-state index < -0.39 is 5.97 Å². The van der Waals surface area contributed by atoms with Crippen LogP contribution in [-0.4, -0.2) is 11.1 Å².